The first kappa shape index (κ1) is 19.5. The molecular formula is C22H27ClN2O3. The lowest BCUT2D eigenvalue weighted by Gasteiger charge is -2.53. The zero-order chi connectivity index (χ0) is 19.8. The summed E-state index contributed by atoms with van der Waals surface area (Å²) < 4.78 is 8.45. The molecule has 0 aliphatic heterocycles. The van der Waals surface area contributed by atoms with Crippen LogP contribution in [0.5, 0.6) is 0 Å². The van der Waals surface area contributed by atoms with Gasteiger partial charge in [0.15, 0.2) is 0 Å². The third-order valence-electron chi connectivity index (χ3n) is 6.70. The SMILES string of the molecule is Cc1cc(COC23CCC(CCC(=O)O)(CC2)CC3)n(-c2ccc(Cl)cc2)n1. The number of halogens is 1. The molecule has 3 fully saturated rings. The molecular weight excluding hydrogens is 376 g/mol. The van der Waals surface area contributed by atoms with E-state index >= 15 is 0 Å². The van der Waals surface area contributed by atoms with Gasteiger partial charge in [-0.15, -0.1) is 0 Å². The first-order valence-electron chi connectivity index (χ1n) is 10.1. The van der Waals surface area contributed by atoms with Crippen molar-refractivity contribution >= 4 is 17.6 Å². The maximum absolute atomic E-state index is 11.0. The van der Waals surface area contributed by atoms with Gasteiger partial charge in [0.05, 0.1) is 29.3 Å². The normalized spacial score (nSPS) is 26.5. The van der Waals surface area contributed by atoms with E-state index in [4.69, 9.17) is 21.4 Å². The Balaban J connectivity index is 1.42. The standard InChI is InChI=1S/C22H27ClN2O3/c1-16-14-19(25(24-16)18-4-2-17(23)3-5-18)15-28-22-11-8-21(9-12-22,10-13-22)7-6-20(26)27/h2-5,14H,6-13,15H2,1H3,(H,26,27). The summed E-state index contributed by atoms with van der Waals surface area (Å²) >= 11 is 6.01. The van der Waals surface area contributed by atoms with E-state index < -0.39 is 5.97 Å². The predicted octanol–water partition coefficient (Wildman–Crippen LogP) is 5.31. The molecule has 0 amide bonds. The molecule has 0 spiro atoms. The smallest absolute Gasteiger partial charge is 0.303 e. The highest BCUT2D eigenvalue weighted by atomic mass is 35.5. The van der Waals surface area contributed by atoms with E-state index in [2.05, 4.69) is 11.2 Å². The van der Waals surface area contributed by atoms with E-state index in [-0.39, 0.29) is 17.4 Å². The number of benzene rings is 1. The maximum Gasteiger partial charge on any atom is 0.303 e. The monoisotopic (exact) mass is 402 g/mol. The van der Waals surface area contributed by atoms with Gasteiger partial charge < -0.3 is 9.84 Å². The third kappa shape index (κ3) is 3.96. The summed E-state index contributed by atoms with van der Waals surface area (Å²) in [4.78, 5) is 11.0. The van der Waals surface area contributed by atoms with Crippen LogP contribution in [0.1, 0.15) is 62.8 Å². The minimum absolute atomic E-state index is 0.0615. The van der Waals surface area contributed by atoms with Gasteiger partial charge in [0.25, 0.3) is 0 Å². The number of nitrogens with zero attached hydrogens (tertiary/aromatic N) is 2. The van der Waals surface area contributed by atoms with E-state index in [1.165, 1.54) is 0 Å². The predicted molar refractivity (Wildman–Crippen MR) is 108 cm³/mol. The molecule has 1 aromatic heterocycles. The highest BCUT2D eigenvalue weighted by Gasteiger charge is 2.49. The average Bonchev–Trinajstić information content (AvgIpc) is 3.08. The number of aliphatic carboxylic acids is 1. The summed E-state index contributed by atoms with van der Waals surface area (Å²) in [5, 5.41) is 14.4. The second-order valence-electron chi connectivity index (χ2n) is 8.53. The molecule has 0 unspecified atom stereocenters. The third-order valence-corrected chi connectivity index (χ3v) is 6.96. The summed E-state index contributed by atoms with van der Waals surface area (Å²) in [6, 6.07) is 9.75. The molecule has 0 radical (unpaired) electrons. The quantitative estimate of drug-likeness (QED) is 0.681. The van der Waals surface area contributed by atoms with E-state index in [0.717, 1.165) is 62.0 Å². The molecule has 3 aliphatic carbocycles. The van der Waals surface area contributed by atoms with Crippen LogP contribution in [0.15, 0.2) is 30.3 Å². The van der Waals surface area contributed by atoms with Crippen LogP contribution in [0.2, 0.25) is 5.02 Å². The van der Waals surface area contributed by atoms with Crippen molar-refractivity contribution in [1.82, 2.24) is 9.78 Å². The van der Waals surface area contributed by atoms with Gasteiger partial charge in [0.2, 0.25) is 0 Å². The Bertz CT molecular complexity index is 835. The molecule has 150 valence electrons. The molecule has 1 aromatic carbocycles. The van der Waals surface area contributed by atoms with Gasteiger partial charge >= 0.3 is 5.97 Å². The van der Waals surface area contributed by atoms with Gasteiger partial charge in [-0.2, -0.15) is 5.10 Å². The Hall–Kier alpha value is -1.85. The Morgan fingerprint density at radius 3 is 2.43 bits per heavy atom. The zero-order valence-electron chi connectivity index (χ0n) is 16.3. The second kappa shape index (κ2) is 7.53. The number of carbonyl (C=O) groups is 1. The summed E-state index contributed by atoms with van der Waals surface area (Å²) in [6.07, 6.45) is 7.41. The van der Waals surface area contributed by atoms with Gasteiger partial charge in [0, 0.05) is 11.4 Å². The molecule has 0 atom stereocenters. The van der Waals surface area contributed by atoms with Crippen molar-refractivity contribution in [1.29, 1.82) is 0 Å². The zero-order valence-corrected chi connectivity index (χ0v) is 17.0. The van der Waals surface area contributed by atoms with Crippen LogP contribution in [0.3, 0.4) is 0 Å². The number of hydrogen-bond donors (Lipinski definition) is 1. The molecule has 5 nitrogen and oxygen atoms in total. The Kier molecular flexibility index (Phi) is 5.23. The van der Waals surface area contributed by atoms with Crippen LogP contribution in [0, 0.1) is 12.3 Å². The van der Waals surface area contributed by atoms with Gasteiger partial charge in [0.1, 0.15) is 0 Å². The summed E-state index contributed by atoms with van der Waals surface area (Å²) in [5.41, 5.74) is 3.15. The topological polar surface area (TPSA) is 64.3 Å². The number of ether oxygens (including phenoxy) is 1. The number of carboxylic acids is 1. The second-order valence-corrected chi connectivity index (χ2v) is 8.97. The van der Waals surface area contributed by atoms with Crippen molar-refractivity contribution in [2.45, 2.75) is 70.5 Å². The largest absolute Gasteiger partial charge is 0.481 e. The molecule has 1 N–H and O–H groups in total. The van der Waals surface area contributed by atoms with E-state index in [1.54, 1.807) is 0 Å². The fourth-order valence-electron chi connectivity index (χ4n) is 4.88. The van der Waals surface area contributed by atoms with Crippen LogP contribution in [-0.4, -0.2) is 26.5 Å². The molecule has 0 saturated heterocycles. The fraction of sp³-hybridized carbons (Fsp3) is 0.545. The van der Waals surface area contributed by atoms with Crippen molar-refractivity contribution in [3.63, 3.8) is 0 Å². The number of rotatable bonds is 7. The van der Waals surface area contributed by atoms with Crippen molar-refractivity contribution in [3.8, 4) is 5.69 Å². The lowest BCUT2D eigenvalue weighted by molar-refractivity contribution is -0.150. The van der Waals surface area contributed by atoms with Crippen LogP contribution >= 0.6 is 11.6 Å². The summed E-state index contributed by atoms with van der Waals surface area (Å²) in [5.74, 6) is -0.682. The van der Waals surface area contributed by atoms with Crippen molar-refractivity contribution in [3.05, 3.63) is 46.7 Å². The lowest BCUT2D eigenvalue weighted by Crippen LogP contribution is -2.47. The first-order valence-corrected chi connectivity index (χ1v) is 10.4. The first-order chi connectivity index (χ1) is 13.4. The van der Waals surface area contributed by atoms with Crippen LogP contribution < -0.4 is 0 Å². The Morgan fingerprint density at radius 2 is 1.82 bits per heavy atom. The highest BCUT2D eigenvalue weighted by molar-refractivity contribution is 6.30. The number of aryl methyl sites for hydroxylation is 1. The molecule has 2 aromatic rings. The number of hydrogen-bond acceptors (Lipinski definition) is 3. The van der Waals surface area contributed by atoms with Crippen LogP contribution in [0.25, 0.3) is 5.69 Å². The minimum atomic E-state index is -0.682. The van der Waals surface area contributed by atoms with Gasteiger partial charge in [-0.3, -0.25) is 4.79 Å². The molecule has 3 saturated carbocycles. The molecule has 6 heteroatoms. The van der Waals surface area contributed by atoms with Gasteiger partial charge in [-0.1, -0.05) is 11.6 Å². The van der Waals surface area contributed by atoms with Crippen molar-refractivity contribution in [2.24, 2.45) is 5.41 Å². The fourth-order valence-corrected chi connectivity index (χ4v) is 5.01. The molecule has 5 rings (SSSR count). The average molecular weight is 403 g/mol. The molecule has 1 heterocycles. The van der Waals surface area contributed by atoms with E-state index in [9.17, 15) is 4.79 Å². The number of carboxylic acid groups (broad SMARTS) is 1. The van der Waals surface area contributed by atoms with Crippen LogP contribution in [0.4, 0.5) is 0 Å². The van der Waals surface area contributed by atoms with Crippen LogP contribution in [-0.2, 0) is 16.1 Å². The van der Waals surface area contributed by atoms with Crippen molar-refractivity contribution < 1.29 is 14.6 Å². The Morgan fingerprint density at radius 1 is 1.18 bits per heavy atom. The number of fused-ring (bicyclic) bond motifs is 3. The number of aromatic nitrogens is 2. The van der Waals surface area contributed by atoms with Crippen molar-refractivity contribution in [2.75, 3.05) is 0 Å². The summed E-state index contributed by atoms with van der Waals surface area (Å²) in [6.45, 7) is 2.53. The highest BCUT2D eigenvalue weighted by Crippen LogP contribution is 2.56. The Labute approximate surface area is 170 Å². The van der Waals surface area contributed by atoms with E-state index in [1.807, 2.05) is 35.9 Å². The molecule has 3 aliphatic rings. The maximum atomic E-state index is 11.0. The summed E-state index contributed by atoms with van der Waals surface area (Å²) in [7, 11) is 0. The molecule has 2 bridgehead atoms. The van der Waals surface area contributed by atoms with E-state index in [0.29, 0.717) is 11.6 Å². The van der Waals surface area contributed by atoms with Gasteiger partial charge in [-0.05, 0) is 87.6 Å². The molecule has 28 heavy (non-hydrogen) atoms. The lowest BCUT2D eigenvalue weighted by atomic mass is 9.57. The van der Waals surface area contributed by atoms with Gasteiger partial charge in [-0.25, -0.2) is 4.68 Å². The minimum Gasteiger partial charge on any atom is -0.481 e.